The van der Waals surface area contributed by atoms with Gasteiger partial charge in [-0.3, -0.25) is 4.79 Å². The second kappa shape index (κ2) is 7.74. The number of aliphatic hydroxyl groups is 1. The van der Waals surface area contributed by atoms with E-state index in [9.17, 15) is 4.79 Å². The van der Waals surface area contributed by atoms with Crippen LogP contribution in [0.2, 0.25) is 0 Å². The van der Waals surface area contributed by atoms with Crippen LogP contribution in [0.5, 0.6) is 0 Å². The highest BCUT2D eigenvalue weighted by Gasteiger charge is 2.11. The zero-order chi connectivity index (χ0) is 12.7. The summed E-state index contributed by atoms with van der Waals surface area (Å²) < 4.78 is 0. The van der Waals surface area contributed by atoms with Gasteiger partial charge < -0.3 is 10.0 Å². The maximum absolute atomic E-state index is 11.8. The van der Waals surface area contributed by atoms with Crippen molar-refractivity contribution in [2.24, 2.45) is 0 Å². The highest BCUT2D eigenvalue weighted by Crippen LogP contribution is 2.15. The molecular weight excluding hydrogens is 254 g/mol. The van der Waals surface area contributed by atoms with Gasteiger partial charge in [-0.05, 0) is 28.8 Å². The zero-order valence-electron chi connectivity index (χ0n) is 10.3. The van der Waals surface area contributed by atoms with Gasteiger partial charge in [0.15, 0.2) is 0 Å². The SMILES string of the molecule is CC(CCO)SCC(=O)N(C)Cc1ccsc1. The van der Waals surface area contributed by atoms with E-state index in [2.05, 4.69) is 5.38 Å². The van der Waals surface area contributed by atoms with Crippen LogP contribution >= 0.6 is 23.1 Å². The van der Waals surface area contributed by atoms with Crippen LogP contribution in [0.15, 0.2) is 16.8 Å². The van der Waals surface area contributed by atoms with E-state index in [4.69, 9.17) is 5.11 Å². The average Bonchev–Trinajstić information content (AvgIpc) is 2.79. The number of hydrogen-bond acceptors (Lipinski definition) is 4. The van der Waals surface area contributed by atoms with Gasteiger partial charge >= 0.3 is 0 Å². The summed E-state index contributed by atoms with van der Waals surface area (Å²) in [5.41, 5.74) is 1.18. The van der Waals surface area contributed by atoms with Gasteiger partial charge in [-0.2, -0.15) is 11.3 Å². The first-order valence-electron chi connectivity index (χ1n) is 5.61. The third-order valence-electron chi connectivity index (χ3n) is 2.45. The van der Waals surface area contributed by atoms with Crippen molar-refractivity contribution in [1.29, 1.82) is 0 Å². The topological polar surface area (TPSA) is 40.5 Å². The molecule has 1 N–H and O–H groups in total. The fraction of sp³-hybridized carbons (Fsp3) is 0.583. The number of amides is 1. The first-order valence-corrected chi connectivity index (χ1v) is 7.60. The van der Waals surface area contributed by atoms with Crippen molar-refractivity contribution >= 4 is 29.0 Å². The molecule has 1 aromatic rings. The van der Waals surface area contributed by atoms with Crippen molar-refractivity contribution in [2.45, 2.75) is 25.1 Å². The molecule has 0 bridgehead atoms. The Balaban J connectivity index is 2.27. The van der Waals surface area contributed by atoms with Crippen molar-refractivity contribution in [3.8, 4) is 0 Å². The number of carbonyl (C=O) groups excluding carboxylic acids is 1. The molecule has 1 amide bonds. The Kier molecular flexibility index (Phi) is 6.62. The fourth-order valence-electron chi connectivity index (χ4n) is 1.33. The number of thiophene rings is 1. The van der Waals surface area contributed by atoms with E-state index in [1.54, 1.807) is 28.0 Å². The van der Waals surface area contributed by atoms with Crippen LogP contribution in [0, 0.1) is 0 Å². The molecule has 0 aliphatic carbocycles. The van der Waals surface area contributed by atoms with Crippen LogP contribution in [-0.4, -0.2) is 40.6 Å². The molecule has 0 fully saturated rings. The number of hydrogen-bond donors (Lipinski definition) is 1. The third kappa shape index (κ3) is 5.57. The normalized spacial score (nSPS) is 12.4. The molecule has 0 saturated carbocycles. The maximum atomic E-state index is 11.8. The van der Waals surface area contributed by atoms with Gasteiger partial charge in [-0.25, -0.2) is 0 Å². The van der Waals surface area contributed by atoms with E-state index in [-0.39, 0.29) is 12.5 Å². The van der Waals surface area contributed by atoms with Crippen molar-refractivity contribution in [1.82, 2.24) is 4.90 Å². The molecule has 1 rings (SSSR count). The third-order valence-corrected chi connectivity index (χ3v) is 4.40. The Morgan fingerprint density at radius 3 is 3.00 bits per heavy atom. The molecular formula is C12H19NO2S2. The molecule has 0 aliphatic rings. The molecule has 17 heavy (non-hydrogen) atoms. The van der Waals surface area contributed by atoms with Crippen LogP contribution in [0.3, 0.4) is 0 Å². The summed E-state index contributed by atoms with van der Waals surface area (Å²) in [6.07, 6.45) is 0.742. The lowest BCUT2D eigenvalue weighted by molar-refractivity contribution is -0.127. The van der Waals surface area contributed by atoms with Gasteiger partial charge in [-0.1, -0.05) is 6.92 Å². The first-order chi connectivity index (χ1) is 8.13. The van der Waals surface area contributed by atoms with E-state index in [1.165, 1.54) is 5.56 Å². The minimum atomic E-state index is 0.144. The lowest BCUT2D eigenvalue weighted by Gasteiger charge is -2.17. The van der Waals surface area contributed by atoms with Gasteiger partial charge in [0.05, 0.1) is 5.75 Å². The largest absolute Gasteiger partial charge is 0.396 e. The van der Waals surface area contributed by atoms with Gasteiger partial charge in [0.2, 0.25) is 5.91 Å². The quantitative estimate of drug-likeness (QED) is 0.828. The summed E-state index contributed by atoms with van der Waals surface area (Å²) in [4.78, 5) is 13.6. The van der Waals surface area contributed by atoms with Crippen LogP contribution in [0.25, 0.3) is 0 Å². The summed E-state index contributed by atoms with van der Waals surface area (Å²) in [6, 6.07) is 2.04. The van der Waals surface area contributed by atoms with Crippen molar-refractivity contribution in [2.75, 3.05) is 19.4 Å². The number of carbonyl (C=O) groups is 1. The molecule has 1 heterocycles. The Labute approximate surface area is 111 Å². The molecule has 96 valence electrons. The minimum absolute atomic E-state index is 0.144. The van der Waals surface area contributed by atoms with Crippen LogP contribution in [0.1, 0.15) is 18.9 Å². The minimum Gasteiger partial charge on any atom is -0.396 e. The second-order valence-electron chi connectivity index (χ2n) is 4.02. The van der Waals surface area contributed by atoms with E-state index in [0.29, 0.717) is 17.5 Å². The Morgan fingerprint density at radius 2 is 2.41 bits per heavy atom. The van der Waals surface area contributed by atoms with E-state index in [1.807, 2.05) is 25.4 Å². The molecule has 0 spiro atoms. The molecule has 0 aromatic carbocycles. The lowest BCUT2D eigenvalue weighted by atomic mass is 10.3. The molecule has 3 nitrogen and oxygen atoms in total. The number of nitrogens with zero attached hydrogens (tertiary/aromatic N) is 1. The molecule has 5 heteroatoms. The van der Waals surface area contributed by atoms with Gasteiger partial charge in [0, 0.05) is 25.4 Å². The van der Waals surface area contributed by atoms with E-state index >= 15 is 0 Å². The molecule has 0 aliphatic heterocycles. The molecule has 1 atom stereocenters. The Morgan fingerprint density at radius 1 is 1.65 bits per heavy atom. The van der Waals surface area contributed by atoms with Crippen LogP contribution < -0.4 is 0 Å². The van der Waals surface area contributed by atoms with Gasteiger partial charge in [0.1, 0.15) is 0 Å². The second-order valence-corrected chi connectivity index (χ2v) is 6.22. The molecule has 1 unspecified atom stereocenters. The molecule has 0 saturated heterocycles. The van der Waals surface area contributed by atoms with Gasteiger partial charge in [-0.15, -0.1) is 11.8 Å². The Hall–Kier alpha value is -0.520. The van der Waals surface area contributed by atoms with Crippen LogP contribution in [-0.2, 0) is 11.3 Å². The number of aliphatic hydroxyl groups excluding tert-OH is 1. The monoisotopic (exact) mass is 273 g/mol. The molecule has 0 radical (unpaired) electrons. The maximum Gasteiger partial charge on any atom is 0.232 e. The predicted octanol–water partition coefficient (Wildman–Crippen LogP) is 2.21. The smallest absolute Gasteiger partial charge is 0.232 e. The predicted molar refractivity (Wildman–Crippen MR) is 74.4 cm³/mol. The number of rotatable bonds is 7. The highest BCUT2D eigenvalue weighted by molar-refractivity contribution is 8.00. The first kappa shape index (κ1) is 14.5. The van der Waals surface area contributed by atoms with E-state index < -0.39 is 0 Å². The average molecular weight is 273 g/mol. The van der Waals surface area contributed by atoms with E-state index in [0.717, 1.165) is 6.42 Å². The van der Waals surface area contributed by atoms with Crippen LogP contribution in [0.4, 0.5) is 0 Å². The van der Waals surface area contributed by atoms with Gasteiger partial charge in [0.25, 0.3) is 0 Å². The summed E-state index contributed by atoms with van der Waals surface area (Å²) >= 11 is 3.25. The Bertz CT molecular complexity index is 327. The zero-order valence-corrected chi connectivity index (χ0v) is 11.9. The number of thioether (sulfide) groups is 1. The van der Waals surface area contributed by atoms with Crippen molar-refractivity contribution in [3.05, 3.63) is 22.4 Å². The standard InChI is InChI=1S/C12H19NO2S2/c1-10(3-5-14)17-9-12(15)13(2)7-11-4-6-16-8-11/h4,6,8,10,14H,3,5,7,9H2,1-2H3. The lowest BCUT2D eigenvalue weighted by Crippen LogP contribution is -2.28. The fourth-order valence-corrected chi connectivity index (χ4v) is 2.91. The summed E-state index contributed by atoms with van der Waals surface area (Å²) in [5, 5.41) is 13.2. The summed E-state index contributed by atoms with van der Waals surface area (Å²) in [7, 11) is 1.83. The summed E-state index contributed by atoms with van der Waals surface area (Å²) in [6.45, 7) is 2.90. The van der Waals surface area contributed by atoms with Crippen molar-refractivity contribution < 1.29 is 9.90 Å². The summed E-state index contributed by atoms with van der Waals surface area (Å²) in [5.74, 6) is 0.632. The van der Waals surface area contributed by atoms with Crippen molar-refractivity contribution in [3.63, 3.8) is 0 Å². The highest BCUT2D eigenvalue weighted by atomic mass is 32.2. The molecule has 1 aromatic heterocycles.